The molecule has 0 aliphatic carbocycles. The van der Waals surface area contributed by atoms with Crippen molar-refractivity contribution >= 4 is 17.7 Å². The van der Waals surface area contributed by atoms with Crippen LogP contribution in [0.2, 0.25) is 0 Å². The minimum atomic E-state index is -2.88. The summed E-state index contributed by atoms with van der Waals surface area (Å²) in [6.07, 6.45) is -1.60. The molecular weight excluding hydrogens is 520 g/mol. The Morgan fingerprint density at radius 1 is 1.07 bits per heavy atom. The largest absolute Gasteiger partial charge is 0.490 e. The molecule has 3 aliphatic heterocycles. The monoisotopic (exact) mass is 557 g/mol. The van der Waals surface area contributed by atoms with Gasteiger partial charge in [-0.3, -0.25) is 0 Å². The average Bonchev–Trinajstić information content (AvgIpc) is 3.49. The summed E-state index contributed by atoms with van der Waals surface area (Å²) in [6, 6.07) is 3.40. The first kappa shape index (κ1) is 28.1. The van der Waals surface area contributed by atoms with Gasteiger partial charge in [-0.2, -0.15) is 0 Å². The van der Waals surface area contributed by atoms with Crippen molar-refractivity contribution in [3.8, 4) is 16.9 Å². The molecule has 2 aromatic carbocycles. The van der Waals surface area contributed by atoms with Crippen LogP contribution in [0.15, 0.2) is 12.1 Å². The Hall–Kier alpha value is -3.40. The molecule has 0 spiro atoms. The fraction of sp³-hybridized carbons (Fsp3) is 0.533. The summed E-state index contributed by atoms with van der Waals surface area (Å²) in [4.78, 5) is 28.8. The van der Waals surface area contributed by atoms with E-state index < -0.39 is 36.2 Å². The topological polar surface area (TPSA) is 91.3 Å². The number of nitrogens with zero attached hydrogens (tertiary/aromatic N) is 2. The number of likely N-dealkylation sites (tertiary alicyclic amines) is 1. The van der Waals surface area contributed by atoms with Crippen LogP contribution in [-0.2, 0) is 22.6 Å². The summed E-state index contributed by atoms with van der Waals surface area (Å²) in [6.45, 7) is 12.3. The van der Waals surface area contributed by atoms with E-state index in [1.807, 2.05) is 53.7 Å². The predicted molar refractivity (Wildman–Crippen MR) is 147 cm³/mol. The normalized spacial score (nSPS) is 18.6. The van der Waals surface area contributed by atoms with E-state index in [4.69, 9.17) is 9.47 Å². The number of alkyl halides is 2. The smallest absolute Gasteiger partial charge is 0.337 e. The highest BCUT2D eigenvalue weighted by atomic mass is 19.3. The van der Waals surface area contributed by atoms with Gasteiger partial charge >= 0.3 is 12.0 Å². The Bertz CT molecular complexity index is 1380. The van der Waals surface area contributed by atoms with Gasteiger partial charge in [0, 0.05) is 38.2 Å². The number of anilines is 1. The zero-order valence-electron chi connectivity index (χ0n) is 23.9. The van der Waals surface area contributed by atoms with Gasteiger partial charge in [0.05, 0.1) is 17.8 Å². The van der Waals surface area contributed by atoms with Gasteiger partial charge in [0.25, 0.3) is 5.92 Å². The van der Waals surface area contributed by atoms with Crippen LogP contribution in [0.4, 0.5) is 19.3 Å². The second kappa shape index (κ2) is 9.90. The van der Waals surface area contributed by atoms with E-state index in [0.29, 0.717) is 18.7 Å². The maximum absolute atomic E-state index is 13.9. The van der Waals surface area contributed by atoms with E-state index in [0.717, 1.165) is 50.4 Å². The number of carbonyl (C=O) groups excluding carboxylic acids is 1. The quantitative estimate of drug-likeness (QED) is 0.494. The van der Waals surface area contributed by atoms with Crippen molar-refractivity contribution < 1.29 is 33.0 Å². The van der Waals surface area contributed by atoms with Gasteiger partial charge in [-0.25, -0.2) is 18.4 Å². The van der Waals surface area contributed by atoms with Crippen molar-refractivity contribution in [2.24, 2.45) is 0 Å². The van der Waals surface area contributed by atoms with Crippen molar-refractivity contribution in [2.45, 2.75) is 78.7 Å². The zero-order chi connectivity index (χ0) is 29.1. The highest BCUT2D eigenvalue weighted by Crippen LogP contribution is 2.47. The number of rotatable bonds is 4. The number of hydrogen-bond donors (Lipinski definition) is 2. The first-order valence-electron chi connectivity index (χ1n) is 13.7. The number of amides is 2. The van der Waals surface area contributed by atoms with E-state index >= 15 is 0 Å². The third-order valence-electron chi connectivity index (χ3n) is 8.04. The molecule has 216 valence electrons. The van der Waals surface area contributed by atoms with Crippen LogP contribution >= 0.6 is 0 Å². The van der Waals surface area contributed by atoms with Gasteiger partial charge < -0.3 is 29.7 Å². The molecule has 2 aromatic rings. The van der Waals surface area contributed by atoms with Gasteiger partial charge in [0.2, 0.25) is 0 Å². The summed E-state index contributed by atoms with van der Waals surface area (Å²) < 4.78 is 39.8. The number of nitrogens with one attached hydrogen (secondary N) is 1. The number of ether oxygens (including phenoxy) is 2. The second-order valence-corrected chi connectivity index (χ2v) is 12.0. The first-order chi connectivity index (χ1) is 18.7. The molecule has 1 fully saturated rings. The Morgan fingerprint density at radius 3 is 2.35 bits per heavy atom. The molecule has 0 radical (unpaired) electrons. The maximum Gasteiger partial charge on any atom is 0.337 e. The molecule has 1 atom stereocenters. The summed E-state index contributed by atoms with van der Waals surface area (Å²) in [5, 5.41) is 13.8. The van der Waals surface area contributed by atoms with Gasteiger partial charge in [-0.15, -0.1) is 0 Å². The number of carboxylic acid groups (broad SMARTS) is 1. The molecule has 2 amide bonds. The lowest BCUT2D eigenvalue weighted by molar-refractivity contribution is -0.160. The van der Waals surface area contributed by atoms with Crippen LogP contribution in [0.25, 0.3) is 11.1 Å². The molecule has 3 heterocycles. The highest BCUT2D eigenvalue weighted by Gasteiger charge is 2.43. The summed E-state index contributed by atoms with van der Waals surface area (Å²) in [5.74, 6) is -3.25. The number of benzene rings is 2. The molecule has 0 unspecified atom stereocenters. The summed E-state index contributed by atoms with van der Waals surface area (Å²) in [7, 11) is 0. The van der Waals surface area contributed by atoms with Crippen molar-refractivity contribution in [3.05, 3.63) is 45.5 Å². The summed E-state index contributed by atoms with van der Waals surface area (Å²) >= 11 is 0. The zero-order valence-corrected chi connectivity index (χ0v) is 23.9. The fourth-order valence-corrected chi connectivity index (χ4v) is 6.15. The van der Waals surface area contributed by atoms with Crippen molar-refractivity contribution in [1.29, 1.82) is 0 Å². The van der Waals surface area contributed by atoms with Gasteiger partial charge in [-0.1, -0.05) is 6.07 Å². The number of fused-ring (bicyclic) bond motifs is 2. The van der Waals surface area contributed by atoms with Crippen molar-refractivity contribution in [3.63, 3.8) is 0 Å². The molecule has 10 heteroatoms. The number of carbonyl (C=O) groups is 2. The third kappa shape index (κ3) is 4.98. The van der Waals surface area contributed by atoms with E-state index in [9.17, 15) is 23.5 Å². The predicted octanol–water partition coefficient (Wildman–Crippen LogP) is 5.80. The average molecular weight is 558 g/mol. The SMILES string of the molecule is Cc1c(-c2c(C)c3c(c(C)c2[C@H](OC(C)(C)C)C(=O)O)CN(C(=O)N2CCC(F)(F)C2)C3)ccc2c1NCCO2. The lowest BCUT2D eigenvalue weighted by Gasteiger charge is -2.31. The fourth-order valence-electron chi connectivity index (χ4n) is 6.15. The van der Waals surface area contributed by atoms with Crippen LogP contribution in [0.5, 0.6) is 5.75 Å². The minimum absolute atomic E-state index is 0.0110. The Morgan fingerprint density at radius 2 is 1.75 bits per heavy atom. The molecule has 0 aromatic heterocycles. The van der Waals surface area contributed by atoms with Crippen molar-refractivity contribution in [2.75, 3.05) is 31.6 Å². The number of carboxylic acids is 1. The van der Waals surface area contributed by atoms with Crippen LogP contribution in [-0.4, -0.2) is 64.7 Å². The van der Waals surface area contributed by atoms with E-state index in [2.05, 4.69) is 5.32 Å². The molecular formula is C30H37F2N3O5. The Kier molecular flexibility index (Phi) is 6.97. The molecule has 0 bridgehead atoms. The summed E-state index contributed by atoms with van der Waals surface area (Å²) in [5.41, 5.74) is 6.52. The molecule has 1 saturated heterocycles. The van der Waals surface area contributed by atoms with Crippen LogP contribution in [0.1, 0.15) is 66.7 Å². The van der Waals surface area contributed by atoms with E-state index in [-0.39, 0.29) is 26.1 Å². The standard InChI is InChI=1S/C30H37F2N3O5/c1-16-20-13-35(28(38)34-11-9-30(31,32)15-34)14-21(20)17(2)24(26(27(36)37)40-29(4,5)6)23(16)19-7-8-22-25(18(19)3)33-10-12-39-22/h7-8,26,33H,9-15H2,1-6H3,(H,36,37)/t26-/m0/s1. The number of aliphatic carboxylic acids is 1. The Balaban J connectivity index is 1.67. The molecule has 8 nitrogen and oxygen atoms in total. The lowest BCUT2D eigenvalue weighted by atomic mass is 9.81. The van der Waals surface area contributed by atoms with Gasteiger partial charge in [0.1, 0.15) is 12.4 Å². The Labute approximate surface area is 233 Å². The molecule has 3 aliphatic rings. The van der Waals surface area contributed by atoms with Crippen LogP contribution in [0, 0.1) is 20.8 Å². The molecule has 40 heavy (non-hydrogen) atoms. The van der Waals surface area contributed by atoms with Crippen molar-refractivity contribution in [1.82, 2.24) is 9.80 Å². The van der Waals surface area contributed by atoms with Crippen LogP contribution in [0.3, 0.4) is 0 Å². The molecule has 5 rings (SSSR count). The maximum atomic E-state index is 13.9. The lowest BCUT2D eigenvalue weighted by Crippen LogP contribution is -2.40. The number of hydrogen-bond acceptors (Lipinski definition) is 5. The first-order valence-corrected chi connectivity index (χ1v) is 13.7. The van der Waals surface area contributed by atoms with Crippen LogP contribution < -0.4 is 10.1 Å². The van der Waals surface area contributed by atoms with Gasteiger partial charge in [-0.05, 0) is 86.6 Å². The molecule has 0 saturated carbocycles. The third-order valence-corrected chi connectivity index (χ3v) is 8.04. The van der Waals surface area contributed by atoms with Gasteiger partial charge in [0.15, 0.2) is 6.10 Å². The molecule has 2 N–H and O–H groups in total. The van der Waals surface area contributed by atoms with E-state index in [1.54, 1.807) is 4.90 Å². The number of urea groups is 1. The number of halogens is 2. The second-order valence-electron chi connectivity index (χ2n) is 12.0. The highest BCUT2D eigenvalue weighted by molar-refractivity contribution is 5.88. The van der Waals surface area contributed by atoms with E-state index in [1.165, 1.54) is 4.90 Å². The minimum Gasteiger partial charge on any atom is -0.490 e.